The third-order valence-corrected chi connectivity index (χ3v) is 3.99. The lowest BCUT2D eigenvalue weighted by atomic mass is 10.2. The molecule has 0 radical (unpaired) electrons. The van der Waals surface area contributed by atoms with Crippen LogP contribution in [0.5, 0.6) is 0 Å². The van der Waals surface area contributed by atoms with Gasteiger partial charge in [-0.15, -0.1) is 11.3 Å². The molecule has 17 heavy (non-hydrogen) atoms. The average molecular weight is 254 g/mol. The molecule has 1 heterocycles. The van der Waals surface area contributed by atoms with Crippen molar-refractivity contribution >= 4 is 17.3 Å². The molecule has 94 valence electrons. The van der Waals surface area contributed by atoms with E-state index in [1.54, 1.807) is 11.3 Å². The zero-order valence-electron chi connectivity index (χ0n) is 10.1. The van der Waals surface area contributed by atoms with Crippen LogP contribution in [-0.4, -0.2) is 35.5 Å². The van der Waals surface area contributed by atoms with Crippen molar-refractivity contribution in [2.45, 2.75) is 38.3 Å². The second-order valence-electron chi connectivity index (χ2n) is 4.35. The molecule has 0 N–H and O–H groups in total. The maximum atomic E-state index is 11.4. The molecule has 0 amide bonds. The molecule has 1 aliphatic rings. The molecule has 4 nitrogen and oxygen atoms in total. The number of thiazole rings is 1. The fourth-order valence-corrected chi connectivity index (χ4v) is 2.96. The fraction of sp³-hybridized carbons (Fsp3) is 0.667. The van der Waals surface area contributed by atoms with Crippen LogP contribution < -0.4 is 0 Å². The SMILES string of the molecule is COC(=O)CN(Cc1nccs1)C1CCCC1. The topological polar surface area (TPSA) is 42.4 Å². The predicted molar refractivity (Wildman–Crippen MR) is 66.8 cm³/mol. The number of rotatable bonds is 5. The summed E-state index contributed by atoms with van der Waals surface area (Å²) in [5.41, 5.74) is 0. The van der Waals surface area contributed by atoms with Crippen molar-refractivity contribution in [1.29, 1.82) is 0 Å². The highest BCUT2D eigenvalue weighted by atomic mass is 32.1. The fourth-order valence-electron chi connectivity index (χ4n) is 2.32. The summed E-state index contributed by atoms with van der Waals surface area (Å²) in [5, 5.41) is 3.04. The number of hydrogen-bond acceptors (Lipinski definition) is 5. The quantitative estimate of drug-likeness (QED) is 0.754. The standard InChI is InChI=1S/C12H18N2O2S/c1-16-12(15)9-14(10-4-2-3-5-10)8-11-13-6-7-17-11/h6-7,10H,2-5,8-9H2,1H3. The largest absolute Gasteiger partial charge is 0.468 e. The van der Waals surface area contributed by atoms with Crippen LogP contribution in [0.1, 0.15) is 30.7 Å². The van der Waals surface area contributed by atoms with Crippen LogP contribution >= 0.6 is 11.3 Å². The molecule has 1 aromatic heterocycles. The molecule has 5 heteroatoms. The summed E-state index contributed by atoms with van der Waals surface area (Å²) in [4.78, 5) is 17.9. The Labute approximate surface area is 106 Å². The molecule has 0 unspecified atom stereocenters. The van der Waals surface area contributed by atoms with Crippen molar-refractivity contribution < 1.29 is 9.53 Å². The van der Waals surface area contributed by atoms with Crippen molar-refractivity contribution in [2.24, 2.45) is 0 Å². The Morgan fingerprint density at radius 2 is 2.35 bits per heavy atom. The molecule has 1 aromatic rings. The first-order valence-corrected chi connectivity index (χ1v) is 6.87. The Morgan fingerprint density at radius 3 is 2.94 bits per heavy atom. The summed E-state index contributed by atoms with van der Waals surface area (Å²) in [6.07, 6.45) is 6.70. The van der Waals surface area contributed by atoms with Gasteiger partial charge in [-0.2, -0.15) is 0 Å². The van der Waals surface area contributed by atoms with Gasteiger partial charge in [-0.3, -0.25) is 9.69 Å². The van der Waals surface area contributed by atoms with E-state index < -0.39 is 0 Å². The molecule has 0 spiro atoms. The molecule has 1 aliphatic carbocycles. The number of ether oxygens (including phenoxy) is 1. The lowest BCUT2D eigenvalue weighted by molar-refractivity contribution is -0.142. The van der Waals surface area contributed by atoms with Crippen LogP contribution in [0.2, 0.25) is 0 Å². The number of nitrogens with zero attached hydrogens (tertiary/aromatic N) is 2. The van der Waals surface area contributed by atoms with Gasteiger partial charge in [0.05, 0.1) is 20.2 Å². The number of carbonyl (C=O) groups is 1. The van der Waals surface area contributed by atoms with Gasteiger partial charge in [0.1, 0.15) is 5.01 Å². The Hall–Kier alpha value is -0.940. The van der Waals surface area contributed by atoms with Gasteiger partial charge >= 0.3 is 5.97 Å². The molecular formula is C12H18N2O2S. The highest BCUT2D eigenvalue weighted by molar-refractivity contribution is 7.09. The molecule has 0 atom stereocenters. The van der Waals surface area contributed by atoms with E-state index in [2.05, 4.69) is 9.88 Å². The molecule has 0 aromatic carbocycles. The maximum Gasteiger partial charge on any atom is 0.319 e. The highest BCUT2D eigenvalue weighted by Crippen LogP contribution is 2.25. The van der Waals surface area contributed by atoms with Crippen molar-refractivity contribution in [2.75, 3.05) is 13.7 Å². The summed E-state index contributed by atoms with van der Waals surface area (Å²) in [5.74, 6) is -0.159. The van der Waals surface area contributed by atoms with E-state index in [-0.39, 0.29) is 5.97 Å². The first kappa shape index (κ1) is 12.5. The number of hydrogen-bond donors (Lipinski definition) is 0. The lowest BCUT2D eigenvalue weighted by Crippen LogP contribution is -2.37. The third kappa shape index (κ3) is 3.51. The van der Waals surface area contributed by atoms with Crippen molar-refractivity contribution in [3.63, 3.8) is 0 Å². The van der Waals surface area contributed by atoms with Crippen LogP contribution in [-0.2, 0) is 16.1 Å². The normalized spacial score (nSPS) is 16.6. The van der Waals surface area contributed by atoms with Crippen LogP contribution in [0, 0.1) is 0 Å². The van der Waals surface area contributed by atoms with Gasteiger partial charge in [-0.1, -0.05) is 12.8 Å². The second kappa shape index (κ2) is 6.12. The summed E-state index contributed by atoms with van der Waals surface area (Å²) >= 11 is 1.64. The predicted octanol–water partition coefficient (Wildman–Crippen LogP) is 2.06. The number of aromatic nitrogens is 1. The molecule has 0 aliphatic heterocycles. The van der Waals surface area contributed by atoms with E-state index in [0.29, 0.717) is 12.6 Å². The highest BCUT2D eigenvalue weighted by Gasteiger charge is 2.25. The van der Waals surface area contributed by atoms with Gasteiger partial charge in [0, 0.05) is 17.6 Å². The van der Waals surface area contributed by atoms with Crippen molar-refractivity contribution in [3.8, 4) is 0 Å². The van der Waals surface area contributed by atoms with Crippen LogP contribution in [0.3, 0.4) is 0 Å². The molecule has 2 rings (SSSR count). The van der Waals surface area contributed by atoms with Gasteiger partial charge in [0.25, 0.3) is 0 Å². The molecule has 0 saturated heterocycles. The molecule has 0 bridgehead atoms. The Bertz CT molecular complexity index is 347. The Kier molecular flexibility index (Phi) is 4.50. The Balaban J connectivity index is 1.98. The Morgan fingerprint density at radius 1 is 1.59 bits per heavy atom. The summed E-state index contributed by atoms with van der Waals surface area (Å²) < 4.78 is 4.76. The van der Waals surface area contributed by atoms with Gasteiger partial charge < -0.3 is 4.74 Å². The minimum Gasteiger partial charge on any atom is -0.468 e. The summed E-state index contributed by atoms with van der Waals surface area (Å²) in [6.45, 7) is 1.14. The van der Waals surface area contributed by atoms with Crippen LogP contribution in [0.25, 0.3) is 0 Å². The average Bonchev–Trinajstić information content (AvgIpc) is 3.00. The molecule has 1 fully saturated rings. The van der Waals surface area contributed by atoms with E-state index in [4.69, 9.17) is 4.74 Å². The monoisotopic (exact) mass is 254 g/mol. The van der Waals surface area contributed by atoms with E-state index in [0.717, 1.165) is 11.6 Å². The minimum atomic E-state index is -0.159. The smallest absolute Gasteiger partial charge is 0.319 e. The van der Waals surface area contributed by atoms with Crippen molar-refractivity contribution in [1.82, 2.24) is 9.88 Å². The second-order valence-corrected chi connectivity index (χ2v) is 5.32. The summed E-state index contributed by atoms with van der Waals surface area (Å²) in [6, 6.07) is 0.512. The summed E-state index contributed by atoms with van der Waals surface area (Å²) in [7, 11) is 1.44. The lowest BCUT2D eigenvalue weighted by Gasteiger charge is -2.26. The van der Waals surface area contributed by atoms with E-state index in [1.807, 2.05) is 11.6 Å². The van der Waals surface area contributed by atoms with Gasteiger partial charge in [-0.05, 0) is 12.8 Å². The third-order valence-electron chi connectivity index (χ3n) is 3.22. The maximum absolute atomic E-state index is 11.4. The van der Waals surface area contributed by atoms with Crippen molar-refractivity contribution in [3.05, 3.63) is 16.6 Å². The first-order valence-electron chi connectivity index (χ1n) is 5.99. The minimum absolute atomic E-state index is 0.159. The number of esters is 1. The van der Waals surface area contributed by atoms with Gasteiger partial charge in [0.15, 0.2) is 0 Å². The van der Waals surface area contributed by atoms with Gasteiger partial charge in [0.2, 0.25) is 0 Å². The van der Waals surface area contributed by atoms with Crippen LogP contribution in [0.15, 0.2) is 11.6 Å². The molecular weight excluding hydrogens is 236 g/mol. The zero-order chi connectivity index (χ0) is 12.1. The van der Waals surface area contributed by atoms with Gasteiger partial charge in [-0.25, -0.2) is 4.98 Å². The van der Waals surface area contributed by atoms with E-state index in [1.165, 1.54) is 32.8 Å². The van der Waals surface area contributed by atoms with Crippen LogP contribution in [0.4, 0.5) is 0 Å². The molecule has 1 saturated carbocycles. The first-order chi connectivity index (χ1) is 8.29. The number of carbonyl (C=O) groups excluding carboxylic acids is 1. The zero-order valence-corrected chi connectivity index (χ0v) is 10.9. The number of methoxy groups -OCH3 is 1. The van der Waals surface area contributed by atoms with E-state index >= 15 is 0 Å². The van der Waals surface area contributed by atoms with E-state index in [9.17, 15) is 4.79 Å².